The Morgan fingerprint density at radius 3 is 2.73 bits per heavy atom. The monoisotopic (exact) mass is 188 g/mol. The van der Waals surface area contributed by atoms with Crippen molar-refractivity contribution in [1.29, 1.82) is 0 Å². The Labute approximate surface area is 73.8 Å². The van der Waals surface area contributed by atoms with Crippen LogP contribution in [-0.2, 0) is 6.42 Å². The molecule has 0 bridgehead atoms. The van der Waals surface area contributed by atoms with E-state index in [0.29, 0.717) is 10.6 Å². The minimum atomic E-state index is -0.173. The van der Waals surface area contributed by atoms with Gasteiger partial charge in [-0.1, -0.05) is 23.7 Å². The lowest BCUT2D eigenvalue weighted by Gasteiger charge is -2.02. The summed E-state index contributed by atoms with van der Waals surface area (Å²) in [5.41, 5.74) is 0.671. The van der Waals surface area contributed by atoms with Gasteiger partial charge in [0.15, 0.2) is 0 Å². The average molecular weight is 189 g/mol. The molecule has 1 aromatic carbocycles. The highest BCUT2D eigenvalue weighted by molar-refractivity contribution is 6.31. The van der Waals surface area contributed by atoms with Gasteiger partial charge in [0.2, 0.25) is 0 Å². The van der Waals surface area contributed by atoms with E-state index < -0.39 is 0 Å². The van der Waals surface area contributed by atoms with Crippen LogP contribution in [0, 0.1) is 5.82 Å². The number of rotatable bonds is 2. The second-order valence-electron chi connectivity index (χ2n) is 2.45. The fourth-order valence-electron chi connectivity index (χ4n) is 1.02. The zero-order valence-corrected chi connectivity index (χ0v) is 9.16. The lowest BCUT2D eigenvalue weighted by molar-refractivity contribution is 0.612. The average Bonchev–Trinajstić information content (AvgIpc) is 1.97. The van der Waals surface area contributed by atoms with Crippen molar-refractivity contribution in [3.05, 3.63) is 34.6 Å². The van der Waals surface area contributed by atoms with E-state index in [1.54, 1.807) is 12.1 Å². The molecule has 0 N–H and O–H groups in total. The lowest BCUT2D eigenvalue weighted by atomic mass is 10.1. The molecule has 0 spiro atoms. The van der Waals surface area contributed by atoms with Gasteiger partial charge in [-0.3, -0.25) is 0 Å². The van der Waals surface area contributed by atoms with E-state index >= 15 is 0 Å². The number of hydrogen-bond donors (Lipinski definition) is 0. The van der Waals surface area contributed by atoms with Crippen LogP contribution in [0.5, 0.6) is 0 Å². The molecule has 0 unspecified atom stereocenters. The summed E-state index contributed by atoms with van der Waals surface area (Å²) in [5.74, 6) is -0.173. The first-order valence-electron chi connectivity index (χ1n) is 3.68. The van der Waals surface area contributed by atoms with E-state index in [0.717, 1.165) is 22.7 Å². The third kappa shape index (κ3) is 2.04. The van der Waals surface area contributed by atoms with Crippen LogP contribution in [-0.4, -0.2) is 10.2 Å². The molecule has 0 aliphatic carbocycles. The van der Waals surface area contributed by atoms with Gasteiger partial charge in [0, 0.05) is 20.8 Å². The summed E-state index contributed by atoms with van der Waals surface area (Å²) in [5, 5.41) is 0.556. The summed E-state index contributed by atoms with van der Waals surface area (Å²) in [4.78, 5) is 0. The molecule has 60 valence electrons. The molecule has 0 atom stereocenters. The van der Waals surface area contributed by atoms with E-state index in [-0.39, 0.29) is 5.82 Å². The van der Waals surface area contributed by atoms with Crippen molar-refractivity contribution in [1.82, 2.24) is 0 Å². The van der Waals surface area contributed by atoms with Crippen molar-refractivity contribution in [2.75, 3.05) is 0 Å². The minimum Gasteiger partial charge on any atom is -0.207 e. The van der Waals surface area contributed by atoms with Gasteiger partial charge in [-0.15, -0.1) is 0 Å². The summed E-state index contributed by atoms with van der Waals surface area (Å²) in [6.45, 7) is 0. The van der Waals surface area contributed by atoms with Crippen molar-refractivity contribution in [3.63, 3.8) is 0 Å². The van der Waals surface area contributed by atoms with E-state index in [2.05, 4.69) is 0 Å². The van der Waals surface area contributed by atoms with Gasteiger partial charge in [0.25, 0.3) is 0 Å². The third-order valence-corrected chi connectivity index (χ3v) is 2.42. The molecular formula is C8H10ClFSi. The van der Waals surface area contributed by atoms with Crippen LogP contribution < -0.4 is 0 Å². The van der Waals surface area contributed by atoms with E-state index in [1.807, 2.05) is 0 Å². The van der Waals surface area contributed by atoms with Crippen molar-refractivity contribution in [3.8, 4) is 0 Å². The highest BCUT2D eigenvalue weighted by Gasteiger charge is 2.03. The van der Waals surface area contributed by atoms with Crippen molar-refractivity contribution in [2.45, 2.75) is 12.5 Å². The van der Waals surface area contributed by atoms with Gasteiger partial charge in [-0.05, 0) is 18.6 Å². The van der Waals surface area contributed by atoms with Crippen LogP contribution in [0.25, 0.3) is 0 Å². The molecule has 0 nitrogen and oxygen atoms in total. The van der Waals surface area contributed by atoms with E-state index in [1.165, 1.54) is 6.07 Å². The molecule has 0 aliphatic heterocycles. The molecule has 0 saturated heterocycles. The molecule has 0 fully saturated rings. The van der Waals surface area contributed by atoms with E-state index in [9.17, 15) is 4.39 Å². The van der Waals surface area contributed by atoms with Crippen LogP contribution in [0.4, 0.5) is 4.39 Å². The molecule has 0 aromatic heterocycles. The Morgan fingerprint density at radius 1 is 1.45 bits per heavy atom. The van der Waals surface area contributed by atoms with Crippen LogP contribution >= 0.6 is 11.6 Å². The molecule has 0 saturated carbocycles. The van der Waals surface area contributed by atoms with Crippen LogP contribution in [0.2, 0.25) is 11.1 Å². The molecule has 0 aliphatic rings. The quantitative estimate of drug-likeness (QED) is 0.622. The van der Waals surface area contributed by atoms with Gasteiger partial charge in [-0.25, -0.2) is 4.39 Å². The summed E-state index contributed by atoms with van der Waals surface area (Å²) in [6, 6.07) is 5.88. The Kier molecular flexibility index (Phi) is 3.09. The molecule has 0 radical (unpaired) electrons. The molecule has 0 heterocycles. The number of benzene rings is 1. The molecule has 3 heteroatoms. The zero-order chi connectivity index (χ0) is 8.27. The number of hydrogen-bond acceptors (Lipinski definition) is 0. The maximum atomic E-state index is 13.0. The minimum absolute atomic E-state index is 0.173. The van der Waals surface area contributed by atoms with Crippen molar-refractivity contribution in [2.24, 2.45) is 0 Å². The Morgan fingerprint density at radius 2 is 2.18 bits per heavy atom. The first kappa shape index (κ1) is 8.75. The molecule has 0 amide bonds. The topological polar surface area (TPSA) is 0 Å². The first-order valence-corrected chi connectivity index (χ1v) is 5.47. The van der Waals surface area contributed by atoms with Crippen molar-refractivity contribution < 1.29 is 4.39 Å². The lowest BCUT2D eigenvalue weighted by Crippen LogP contribution is -1.90. The summed E-state index contributed by atoms with van der Waals surface area (Å²) in [7, 11) is 1.09. The standard InChI is InChI=1S/C8H10ClFSi/c9-7-2-1-3-8(10)6(7)4-5-11/h1-3H,4-5H2,11H3. The van der Waals surface area contributed by atoms with Crippen LogP contribution in [0.1, 0.15) is 5.56 Å². The maximum Gasteiger partial charge on any atom is 0.127 e. The van der Waals surface area contributed by atoms with E-state index in [4.69, 9.17) is 11.6 Å². The van der Waals surface area contributed by atoms with Gasteiger partial charge >= 0.3 is 0 Å². The van der Waals surface area contributed by atoms with Gasteiger partial charge in [-0.2, -0.15) is 0 Å². The smallest absolute Gasteiger partial charge is 0.127 e. The molecule has 1 rings (SSSR count). The predicted molar refractivity (Wildman–Crippen MR) is 49.9 cm³/mol. The second kappa shape index (κ2) is 3.88. The fraction of sp³-hybridized carbons (Fsp3) is 0.250. The van der Waals surface area contributed by atoms with Crippen molar-refractivity contribution >= 4 is 21.8 Å². The summed E-state index contributed by atoms with van der Waals surface area (Å²) >= 11 is 5.78. The Bertz CT molecular complexity index is 230. The third-order valence-electron chi connectivity index (χ3n) is 1.56. The van der Waals surface area contributed by atoms with Crippen LogP contribution in [0.15, 0.2) is 18.2 Å². The highest BCUT2D eigenvalue weighted by Crippen LogP contribution is 2.19. The molecule has 1 aromatic rings. The summed E-state index contributed by atoms with van der Waals surface area (Å²) < 4.78 is 13.0. The Balaban J connectivity index is 3.00. The van der Waals surface area contributed by atoms with Gasteiger partial charge in [0.1, 0.15) is 5.82 Å². The zero-order valence-electron chi connectivity index (χ0n) is 6.40. The fourth-order valence-corrected chi connectivity index (χ4v) is 1.78. The predicted octanol–water partition coefficient (Wildman–Crippen LogP) is 1.81. The van der Waals surface area contributed by atoms with Crippen LogP contribution in [0.3, 0.4) is 0 Å². The maximum absolute atomic E-state index is 13.0. The highest BCUT2D eigenvalue weighted by atomic mass is 35.5. The second-order valence-corrected chi connectivity index (χ2v) is 3.86. The van der Waals surface area contributed by atoms with Gasteiger partial charge < -0.3 is 0 Å². The largest absolute Gasteiger partial charge is 0.207 e. The summed E-state index contributed by atoms with van der Waals surface area (Å²) in [6.07, 6.45) is 0.776. The normalized spacial score (nSPS) is 10.4. The molecular weight excluding hydrogens is 179 g/mol. The molecule has 11 heavy (non-hydrogen) atoms. The Hall–Kier alpha value is -0.343. The van der Waals surface area contributed by atoms with Gasteiger partial charge in [0.05, 0.1) is 0 Å². The first-order chi connectivity index (χ1) is 5.25. The SMILES string of the molecule is Fc1cccc(Cl)c1CC[SiH3]. The number of halogens is 2.